The number of β-amino-alcohol motifs (C(OH)–C–C–N with tert-alkyl or cyclic N) is 1. The van der Waals surface area contributed by atoms with Gasteiger partial charge in [-0.25, -0.2) is 13.2 Å². The lowest BCUT2D eigenvalue weighted by Gasteiger charge is -2.28. The molecule has 2 N–H and O–H groups in total. The third-order valence-electron chi connectivity index (χ3n) is 3.20. The van der Waals surface area contributed by atoms with Crippen LogP contribution in [0.5, 0.6) is 0 Å². The highest BCUT2D eigenvalue weighted by Gasteiger charge is 2.31. The molecule has 1 aromatic heterocycles. The Labute approximate surface area is 111 Å². The van der Waals surface area contributed by atoms with E-state index in [1.807, 2.05) is 0 Å². The Balaban J connectivity index is 2.34. The highest BCUT2D eigenvalue weighted by molar-refractivity contribution is 7.89. The smallest absolute Gasteiger partial charge is 0.352 e. The van der Waals surface area contributed by atoms with Gasteiger partial charge in [-0.15, -0.1) is 0 Å². The number of carboxylic acids is 1. The van der Waals surface area contributed by atoms with Gasteiger partial charge in [-0.3, -0.25) is 0 Å². The molecule has 0 radical (unpaired) electrons. The van der Waals surface area contributed by atoms with Crippen LogP contribution in [0.3, 0.4) is 0 Å². The second-order valence-corrected chi connectivity index (χ2v) is 6.57. The van der Waals surface area contributed by atoms with Crippen molar-refractivity contribution in [1.29, 1.82) is 0 Å². The van der Waals surface area contributed by atoms with Gasteiger partial charge in [0.15, 0.2) is 0 Å². The minimum atomic E-state index is -3.74. The number of aryl methyl sites for hydroxylation is 1. The van der Waals surface area contributed by atoms with Crippen LogP contribution in [-0.2, 0) is 17.1 Å². The molecule has 0 aliphatic carbocycles. The van der Waals surface area contributed by atoms with Crippen molar-refractivity contribution in [2.75, 3.05) is 13.1 Å². The first-order valence-electron chi connectivity index (χ1n) is 5.90. The summed E-state index contributed by atoms with van der Waals surface area (Å²) in [5, 5.41) is 18.5. The summed E-state index contributed by atoms with van der Waals surface area (Å²) >= 11 is 0. The molecule has 0 amide bonds. The quantitative estimate of drug-likeness (QED) is 0.807. The van der Waals surface area contributed by atoms with Gasteiger partial charge >= 0.3 is 5.97 Å². The summed E-state index contributed by atoms with van der Waals surface area (Å²) in [6, 6.07) is 1.14. The number of rotatable bonds is 3. The zero-order valence-electron chi connectivity index (χ0n) is 10.5. The van der Waals surface area contributed by atoms with Gasteiger partial charge in [-0.2, -0.15) is 4.31 Å². The molecular formula is C11H16N2O5S. The van der Waals surface area contributed by atoms with Crippen molar-refractivity contribution < 1.29 is 23.4 Å². The minimum Gasteiger partial charge on any atom is -0.477 e. The van der Waals surface area contributed by atoms with E-state index >= 15 is 0 Å². The zero-order chi connectivity index (χ0) is 14.2. The molecule has 1 unspecified atom stereocenters. The van der Waals surface area contributed by atoms with Crippen molar-refractivity contribution in [2.45, 2.75) is 23.8 Å². The number of hydrogen-bond donors (Lipinski definition) is 2. The van der Waals surface area contributed by atoms with E-state index in [9.17, 15) is 18.3 Å². The van der Waals surface area contributed by atoms with Gasteiger partial charge in [-0.1, -0.05) is 0 Å². The summed E-state index contributed by atoms with van der Waals surface area (Å²) in [4.78, 5) is 10.9. The molecule has 0 bridgehead atoms. The molecule has 19 heavy (non-hydrogen) atoms. The van der Waals surface area contributed by atoms with Crippen molar-refractivity contribution >= 4 is 16.0 Å². The largest absolute Gasteiger partial charge is 0.477 e. The molecule has 8 heteroatoms. The first-order chi connectivity index (χ1) is 8.82. The van der Waals surface area contributed by atoms with Crippen molar-refractivity contribution in [1.82, 2.24) is 8.87 Å². The summed E-state index contributed by atoms with van der Waals surface area (Å²) in [5.74, 6) is -1.18. The molecule has 2 heterocycles. The Hall–Kier alpha value is -1.38. The lowest BCUT2D eigenvalue weighted by Crippen LogP contribution is -2.41. The molecule has 1 aromatic rings. The van der Waals surface area contributed by atoms with Gasteiger partial charge in [0.2, 0.25) is 10.0 Å². The predicted molar refractivity (Wildman–Crippen MR) is 66.4 cm³/mol. The fourth-order valence-corrected chi connectivity index (χ4v) is 3.76. The number of aromatic nitrogens is 1. The average Bonchev–Trinajstić information content (AvgIpc) is 2.72. The van der Waals surface area contributed by atoms with E-state index in [1.54, 1.807) is 0 Å². The number of nitrogens with zero attached hydrogens (tertiary/aromatic N) is 2. The highest BCUT2D eigenvalue weighted by Crippen LogP contribution is 2.22. The molecule has 1 saturated heterocycles. The molecule has 106 valence electrons. The zero-order valence-corrected chi connectivity index (χ0v) is 11.3. The van der Waals surface area contributed by atoms with Crippen molar-refractivity contribution in [3.8, 4) is 0 Å². The van der Waals surface area contributed by atoms with Crippen LogP contribution in [0.15, 0.2) is 17.2 Å². The number of carbonyl (C=O) groups is 1. The van der Waals surface area contributed by atoms with Crippen LogP contribution in [0.1, 0.15) is 23.3 Å². The van der Waals surface area contributed by atoms with E-state index < -0.39 is 22.1 Å². The number of hydrogen-bond acceptors (Lipinski definition) is 4. The van der Waals surface area contributed by atoms with Crippen LogP contribution in [-0.4, -0.2) is 52.7 Å². The highest BCUT2D eigenvalue weighted by atomic mass is 32.2. The van der Waals surface area contributed by atoms with Gasteiger partial charge in [0.25, 0.3) is 0 Å². The molecule has 1 atom stereocenters. The maximum absolute atomic E-state index is 12.3. The van der Waals surface area contributed by atoms with Crippen molar-refractivity contribution in [2.24, 2.45) is 7.05 Å². The van der Waals surface area contributed by atoms with Gasteiger partial charge < -0.3 is 14.8 Å². The summed E-state index contributed by atoms with van der Waals surface area (Å²) in [7, 11) is -2.26. The fraction of sp³-hybridized carbons (Fsp3) is 0.545. The first-order valence-corrected chi connectivity index (χ1v) is 7.34. The summed E-state index contributed by atoms with van der Waals surface area (Å²) in [6.07, 6.45) is 1.80. The normalized spacial score (nSPS) is 21.5. The minimum absolute atomic E-state index is 0.0542. The third kappa shape index (κ3) is 2.65. The average molecular weight is 288 g/mol. The Morgan fingerprint density at radius 2 is 2.16 bits per heavy atom. The standard InChI is InChI=1S/C11H16N2O5S/c1-12-7-9(5-10(12)11(15)16)19(17,18)13-4-2-3-8(14)6-13/h5,7-8,14H,2-4,6H2,1H3,(H,15,16). The van der Waals surface area contributed by atoms with Crippen LogP contribution in [0.4, 0.5) is 0 Å². The molecule has 2 rings (SSSR count). The lowest BCUT2D eigenvalue weighted by molar-refractivity contribution is 0.0686. The van der Waals surface area contributed by atoms with Crippen LogP contribution in [0.25, 0.3) is 0 Å². The Bertz CT molecular complexity index is 592. The van der Waals surface area contributed by atoms with Gasteiger partial charge in [-0.05, 0) is 18.9 Å². The summed E-state index contributed by atoms with van der Waals surface area (Å²) < 4.78 is 27.1. The number of aliphatic hydroxyl groups is 1. The SMILES string of the molecule is Cn1cc(S(=O)(=O)N2CCCC(O)C2)cc1C(=O)O. The number of sulfonamides is 1. The maximum Gasteiger partial charge on any atom is 0.352 e. The molecule has 1 aliphatic rings. The molecule has 1 aliphatic heterocycles. The van der Waals surface area contributed by atoms with Gasteiger partial charge in [0.1, 0.15) is 10.6 Å². The van der Waals surface area contributed by atoms with E-state index in [-0.39, 0.29) is 17.1 Å². The van der Waals surface area contributed by atoms with E-state index in [1.165, 1.54) is 22.1 Å². The lowest BCUT2D eigenvalue weighted by atomic mass is 10.1. The summed E-state index contributed by atoms with van der Waals surface area (Å²) in [5.41, 5.74) is -0.0869. The summed E-state index contributed by atoms with van der Waals surface area (Å²) in [6.45, 7) is 0.399. The van der Waals surface area contributed by atoms with Crippen LogP contribution in [0, 0.1) is 0 Å². The third-order valence-corrected chi connectivity index (χ3v) is 5.03. The maximum atomic E-state index is 12.3. The molecule has 1 fully saturated rings. The second-order valence-electron chi connectivity index (χ2n) is 4.64. The molecular weight excluding hydrogens is 272 g/mol. The molecule has 0 aromatic carbocycles. The molecule has 0 spiro atoms. The van der Waals surface area contributed by atoms with Crippen LogP contribution < -0.4 is 0 Å². The monoisotopic (exact) mass is 288 g/mol. The van der Waals surface area contributed by atoms with E-state index in [2.05, 4.69) is 0 Å². The second kappa shape index (κ2) is 4.95. The number of aromatic carboxylic acids is 1. The van der Waals surface area contributed by atoms with Crippen LogP contribution in [0.2, 0.25) is 0 Å². The Morgan fingerprint density at radius 1 is 1.47 bits per heavy atom. The predicted octanol–water partition coefficient (Wildman–Crippen LogP) is -0.131. The number of piperidine rings is 1. The molecule has 0 saturated carbocycles. The number of carboxylic acid groups (broad SMARTS) is 1. The topological polar surface area (TPSA) is 99.8 Å². The Kier molecular flexibility index (Phi) is 3.66. The van der Waals surface area contributed by atoms with Crippen molar-refractivity contribution in [3.63, 3.8) is 0 Å². The van der Waals surface area contributed by atoms with E-state index in [0.717, 1.165) is 6.07 Å². The molecule has 7 nitrogen and oxygen atoms in total. The first kappa shape index (κ1) is 14.0. The van der Waals surface area contributed by atoms with Gasteiger partial charge in [0.05, 0.1) is 6.10 Å². The van der Waals surface area contributed by atoms with E-state index in [0.29, 0.717) is 19.4 Å². The number of aliphatic hydroxyl groups excluding tert-OH is 1. The Morgan fingerprint density at radius 3 is 2.68 bits per heavy atom. The van der Waals surface area contributed by atoms with Crippen LogP contribution >= 0.6 is 0 Å². The van der Waals surface area contributed by atoms with Crippen molar-refractivity contribution in [3.05, 3.63) is 18.0 Å². The fourth-order valence-electron chi connectivity index (χ4n) is 2.18. The van der Waals surface area contributed by atoms with Gasteiger partial charge in [0, 0.05) is 26.3 Å². The van der Waals surface area contributed by atoms with E-state index in [4.69, 9.17) is 5.11 Å².